The maximum atomic E-state index is 13.4. The Morgan fingerprint density at radius 1 is 1.07 bits per heavy atom. The predicted molar refractivity (Wildman–Crippen MR) is 90.3 cm³/mol. The first kappa shape index (κ1) is 21.9. The lowest BCUT2D eigenvalue weighted by molar-refractivity contribution is -0.385. The lowest BCUT2D eigenvalue weighted by atomic mass is 10.2. The molecule has 0 atom stereocenters. The summed E-state index contributed by atoms with van der Waals surface area (Å²) in [5, 5.41) is 11.0. The summed E-state index contributed by atoms with van der Waals surface area (Å²) in [5.41, 5.74) is -0.162. The Kier molecular flexibility index (Phi) is 7.57. The Hall–Kier alpha value is -2.41. The van der Waals surface area contributed by atoms with Crippen LogP contribution in [0.3, 0.4) is 0 Å². The van der Waals surface area contributed by atoms with Crippen LogP contribution in [0.4, 0.5) is 27.6 Å². The number of benzene rings is 1. The maximum absolute atomic E-state index is 13.4. The number of carbonyl (C=O) groups is 1. The molecule has 0 spiro atoms. The van der Waals surface area contributed by atoms with E-state index in [2.05, 4.69) is 9.72 Å². The minimum Gasteiger partial charge on any atom is -0.420 e. The van der Waals surface area contributed by atoms with Gasteiger partial charge in [0.25, 0.3) is 5.69 Å². The molecule has 0 aliphatic carbocycles. The van der Waals surface area contributed by atoms with Crippen LogP contribution >= 0.6 is 21.6 Å². The highest BCUT2D eigenvalue weighted by atomic mass is 33.1. The Balaban J connectivity index is 1.80. The zero-order valence-corrected chi connectivity index (χ0v) is 15.2. The van der Waals surface area contributed by atoms with E-state index in [1.165, 1.54) is 33.7 Å². The standard InChI is InChI=1S/C15H9F5N2O4S2/c16-10-11(17)13(19)15(14(20)12(10)18)26-9(23)2-1-5-27-28-8-4-3-7(6-21-8)22(24)25/h3-4,6H,1-2,5H2. The lowest BCUT2D eigenvalue weighted by Gasteiger charge is -2.08. The van der Waals surface area contributed by atoms with Crippen molar-refractivity contribution in [1.82, 2.24) is 4.98 Å². The van der Waals surface area contributed by atoms with Gasteiger partial charge in [-0.25, -0.2) is 18.2 Å². The van der Waals surface area contributed by atoms with Crippen molar-refractivity contribution in [2.24, 2.45) is 0 Å². The second-order valence-electron chi connectivity index (χ2n) is 4.99. The number of nitro groups is 1. The number of esters is 1. The second-order valence-corrected chi connectivity index (χ2v) is 7.43. The normalized spacial score (nSPS) is 10.8. The molecule has 0 saturated heterocycles. The van der Waals surface area contributed by atoms with Crippen molar-refractivity contribution in [3.05, 3.63) is 57.5 Å². The van der Waals surface area contributed by atoms with E-state index in [1.54, 1.807) is 0 Å². The summed E-state index contributed by atoms with van der Waals surface area (Å²) >= 11 is 0. The number of aromatic nitrogens is 1. The molecule has 6 nitrogen and oxygen atoms in total. The molecule has 0 aliphatic rings. The van der Waals surface area contributed by atoms with Gasteiger partial charge in [-0.2, -0.15) is 8.78 Å². The summed E-state index contributed by atoms with van der Waals surface area (Å²) in [6, 6.07) is 2.71. The highest BCUT2D eigenvalue weighted by Gasteiger charge is 2.28. The molecule has 2 rings (SSSR count). The van der Waals surface area contributed by atoms with Crippen LogP contribution in [0.25, 0.3) is 0 Å². The van der Waals surface area contributed by atoms with Crippen molar-refractivity contribution in [2.75, 3.05) is 5.75 Å². The van der Waals surface area contributed by atoms with E-state index in [4.69, 9.17) is 0 Å². The van der Waals surface area contributed by atoms with E-state index >= 15 is 0 Å². The van der Waals surface area contributed by atoms with Crippen LogP contribution in [-0.4, -0.2) is 21.6 Å². The first-order valence-electron chi connectivity index (χ1n) is 7.34. The van der Waals surface area contributed by atoms with Gasteiger partial charge in [0.15, 0.2) is 0 Å². The molecule has 0 aliphatic heterocycles. The molecule has 1 aromatic carbocycles. The zero-order chi connectivity index (χ0) is 20.8. The SMILES string of the molecule is O=C(CCCSSc1ccc([N+](=O)[O-])cn1)Oc1c(F)c(F)c(F)c(F)c1F. The smallest absolute Gasteiger partial charge is 0.311 e. The van der Waals surface area contributed by atoms with E-state index in [9.17, 15) is 36.9 Å². The first-order valence-corrected chi connectivity index (χ1v) is 9.66. The van der Waals surface area contributed by atoms with Gasteiger partial charge < -0.3 is 4.74 Å². The van der Waals surface area contributed by atoms with Crippen LogP contribution in [-0.2, 0) is 4.79 Å². The summed E-state index contributed by atoms with van der Waals surface area (Å²) in [6.07, 6.45) is 0.934. The fraction of sp³-hybridized carbons (Fsp3) is 0.200. The number of ether oxygens (including phenoxy) is 1. The van der Waals surface area contributed by atoms with E-state index in [0.717, 1.165) is 6.20 Å². The average molecular weight is 440 g/mol. The molecule has 0 fully saturated rings. The third-order valence-corrected chi connectivity index (χ3v) is 5.42. The van der Waals surface area contributed by atoms with Crippen LogP contribution in [0.1, 0.15) is 12.8 Å². The van der Waals surface area contributed by atoms with Gasteiger partial charge in [-0.1, -0.05) is 10.8 Å². The summed E-state index contributed by atoms with van der Waals surface area (Å²) in [5.74, 6) is -13.6. The van der Waals surface area contributed by atoms with Crippen molar-refractivity contribution in [1.29, 1.82) is 0 Å². The molecule has 1 aromatic heterocycles. The Bertz CT molecular complexity index is 870. The second kappa shape index (κ2) is 9.68. The third kappa shape index (κ3) is 5.32. The molecule has 0 saturated carbocycles. The molecular formula is C15H9F5N2O4S2. The van der Waals surface area contributed by atoms with Gasteiger partial charge in [-0.3, -0.25) is 14.9 Å². The predicted octanol–water partition coefficient (Wildman–Crippen LogP) is 4.81. The highest BCUT2D eigenvalue weighted by Crippen LogP contribution is 2.32. The van der Waals surface area contributed by atoms with Crippen molar-refractivity contribution in [3.8, 4) is 5.75 Å². The maximum Gasteiger partial charge on any atom is 0.311 e. The van der Waals surface area contributed by atoms with E-state index in [-0.39, 0.29) is 18.5 Å². The summed E-state index contributed by atoms with van der Waals surface area (Å²) in [7, 11) is 2.42. The number of hydrogen-bond acceptors (Lipinski definition) is 7. The minimum absolute atomic E-state index is 0.162. The van der Waals surface area contributed by atoms with Crippen LogP contribution in [0, 0.1) is 39.2 Å². The molecule has 0 unspecified atom stereocenters. The van der Waals surface area contributed by atoms with Crippen LogP contribution in [0.2, 0.25) is 0 Å². The number of hydrogen-bond donors (Lipinski definition) is 0. The molecule has 0 amide bonds. The average Bonchev–Trinajstić information content (AvgIpc) is 2.68. The minimum atomic E-state index is -2.34. The fourth-order valence-electron chi connectivity index (χ4n) is 1.75. The van der Waals surface area contributed by atoms with Gasteiger partial charge >= 0.3 is 5.97 Å². The number of nitrogens with zero attached hydrogens (tertiary/aromatic N) is 2. The quantitative estimate of drug-likeness (QED) is 0.0670. The number of halogens is 5. The van der Waals surface area contributed by atoms with E-state index in [0.29, 0.717) is 10.8 Å². The molecule has 0 radical (unpaired) electrons. The fourth-order valence-corrected chi connectivity index (χ4v) is 3.69. The number of pyridine rings is 1. The van der Waals surface area contributed by atoms with E-state index in [1.807, 2.05) is 0 Å². The largest absolute Gasteiger partial charge is 0.420 e. The molecule has 1 heterocycles. The molecular weight excluding hydrogens is 431 g/mol. The van der Waals surface area contributed by atoms with Gasteiger partial charge in [0.05, 0.1) is 4.92 Å². The molecule has 150 valence electrons. The van der Waals surface area contributed by atoms with Crippen molar-refractivity contribution in [2.45, 2.75) is 17.9 Å². The molecule has 0 bridgehead atoms. The van der Waals surface area contributed by atoms with Crippen molar-refractivity contribution in [3.63, 3.8) is 0 Å². The molecule has 13 heteroatoms. The molecule has 28 heavy (non-hydrogen) atoms. The third-order valence-electron chi connectivity index (χ3n) is 3.07. The Morgan fingerprint density at radius 3 is 2.21 bits per heavy atom. The van der Waals surface area contributed by atoms with Crippen LogP contribution in [0.15, 0.2) is 23.4 Å². The van der Waals surface area contributed by atoms with Crippen LogP contribution < -0.4 is 4.74 Å². The van der Waals surface area contributed by atoms with Gasteiger partial charge in [-0.15, -0.1) is 0 Å². The molecule has 2 aromatic rings. The first-order chi connectivity index (χ1) is 13.2. The van der Waals surface area contributed by atoms with Gasteiger partial charge in [0.2, 0.25) is 34.8 Å². The highest BCUT2D eigenvalue weighted by molar-refractivity contribution is 8.76. The van der Waals surface area contributed by atoms with Gasteiger partial charge in [-0.05, 0) is 23.3 Å². The molecule has 0 N–H and O–H groups in total. The zero-order valence-electron chi connectivity index (χ0n) is 13.6. The number of rotatable bonds is 8. The number of carbonyl (C=O) groups excluding carboxylic acids is 1. The Labute approximate surface area is 162 Å². The summed E-state index contributed by atoms with van der Waals surface area (Å²) in [4.78, 5) is 25.3. The van der Waals surface area contributed by atoms with Crippen LogP contribution in [0.5, 0.6) is 5.75 Å². The lowest BCUT2D eigenvalue weighted by Crippen LogP contribution is -2.13. The summed E-state index contributed by atoms with van der Waals surface area (Å²) < 4.78 is 70.1. The monoisotopic (exact) mass is 440 g/mol. The van der Waals surface area contributed by atoms with E-state index < -0.39 is 45.7 Å². The van der Waals surface area contributed by atoms with Gasteiger partial charge in [0, 0.05) is 18.2 Å². The summed E-state index contributed by atoms with van der Waals surface area (Å²) in [6.45, 7) is 0. The van der Waals surface area contributed by atoms with Crippen molar-refractivity contribution < 1.29 is 36.4 Å². The van der Waals surface area contributed by atoms with Gasteiger partial charge in [0.1, 0.15) is 11.2 Å². The topological polar surface area (TPSA) is 82.3 Å². The Morgan fingerprint density at radius 2 is 1.68 bits per heavy atom. The van der Waals surface area contributed by atoms with Crippen molar-refractivity contribution >= 4 is 33.2 Å².